The summed E-state index contributed by atoms with van der Waals surface area (Å²) in [6, 6.07) is 5.22. The molecular weight excluding hydrogens is 423 g/mol. The normalized spacial score (nSPS) is 10.7. The van der Waals surface area contributed by atoms with Crippen LogP contribution in [0.2, 0.25) is 0 Å². The zero-order valence-corrected chi connectivity index (χ0v) is 19.1. The molecule has 2 unspecified atom stereocenters. The number of benzene rings is 1. The van der Waals surface area contributed by atoms with Gasteiger partial charge in [-0.15, -0.1) is 0 Å². The van der Waals surface area contributed by atoms with Crippen molar-refractivity contribution < 1.29 is 23.9 Å². The quantitative estimate of drug-likeness (QED) is 0.124. The summed E-state index contributed by atoms with van der Waals surface area (Å²) >= 11 is 0. The van der Waals surface area contributed by atoms with Crippen LogP contribution in [0.5, 0.6) is 0 Å². The summed E-state index contributed by atoms with van der Waals surface area (Å²) in [5, 5.41) is 7.69. The van der Waals surface area contributed by atoms with Gasteiger partial charge in [-0.1, -0.05) is 32.4 Å². The molecule has 0 heterocycles. The third kappa shape index (κ3) is 14.8. The van der Waals surface area contributed by atoms with Gasteiger partial charge in [0.25, 0.3) is 0 Å². The number of carbonyl (C=O) groups is 4. The monoisotopic (exact) mass is 456 g/mol. The van der Waals surface area contributed by atoms with E-state index in [0.29, 0.717) is 12.1 Å². The first-order valence-corrected chi connectivity index (χ1v) is 10.4. The number of urea groups is 1. The van der Waals surface area contributed by atoms with Crippen LogP contribution in [-0.4, -0.2) is 42.7 Å². The minimum Gasteiger partial charge on any atom is -0.458 e. The molecule has 0 aromatic heterocycles. The van der Waals surface area contributed by atoms with E-state index in [1.165, 1.54) is 6.42 Å². The molecule has 1 rings (SSSR count). The molecule has 8 N–H and O–H groups in total. The Morgan fingerprint density at radius 1 is 1.13 bits per heavy atom. The maximum atomic E-state index is 12.5. The number of nitrogens with two attached hydrogens (primary N) is 2. The Kier molecular flexibility index (Phi) is 15.5. The number of anilines is 1. The van der Waals surface area contributed by atoms with Gasteiger partial charge >= 0.3 is 11.7 Å². The average Bonchev–Trinajstić information content (AvgIpc) is 2.70. The molecule has 0 fully saturated rings. The van der Waals surface area contributed by atoms with Gasteiger partial charge in [-0.3, -0.25) is 20.9 Å². The van der Waals surface area contributed by atoms with Gasteiger partial charge in [-0.25, -0.2) is 9.59 Å². The number of hydrazine groups is 1. The third-order valence-electron chi connectivity index (χ3n) is 3.49. The summed E-state index contributed by atoms with van der Waals surface area (Å²) in [6.45, 7) is 4.49. The number of rotatable bonds is 11. The first-order valence-electron chi connectivity index (χ1n) is 9.81. The molecule has 0 aliphatic carbocycles. The van der Waals surface area contributed by atoms with Crippen molar-refractivity contribution >= 4 is 38.5 Å². The van der Waals surface area contributed by atoms with Gasteiger partial charge in [0.05, 0.1) is 6.54 Å². The summed E-state index contributed by atoms with van der Waals surface area (Å²) in [4.78, 5) is 45.8. The molecule has 174 valence electrons. The lowest BCUT2D eigenvalue weighted by Gasteiger charge is -2.18. The van der Waals surface area contributed by atoms with Crippen molar-refractivity contribution in [3.63, 3.8) is 0 Å². The van der Waals surface area contributed by atoms with Crippen LogP contribution in [-0.2, 0) is 20.9 Å². The van der Waals surface area contributed by atoms with E-state index in [1.807, 2.05) is 9.24 Å². The topological polar surface area (TPSA) is 178 Å². The molecule has 0 aliphatic rings. The standard InChI is InChI=1S/C16H25N6O5P.C3H8/c17-15(25)19-7-1-2-12(22-13(23)8-20-18)14(24)21-11-5-3-10(4-6-11)9-27-16(26)28;1-3-2/h3-6,12,20H,1-2,7-9,18,28H2,(H,21,24)(H,22,23)(H3,17,19,25);3H2,1-2H3. The summed E-state index contributed by atoms with van der Waals surface area (Å²) in [7, 11) is 1.92. The summed E-state index contributed by atoms with van der Waals surface area (Å²) in [5.74, 6) is 4.24. The second-order valence-corrected chi connectivity index (χ2v) is 6.91. The fraction of sp³-hybridized carbons (Fsp3) is 0.474. The summed E-state index contributed by atoms with van der Waals surface area (Å²) in [6.07, 6.45) is 1.96. The van der Waals surface area contributed by atoms with Crippen molar-refractivity contribution in [1.29, 1.82) is 0 Å². The first-order chi connectivity index (χ1) is 14.7. The van der Waals surface area contributed by atoms with Crippen LogP contribution >= 0.6 is 9.24 Å². The van der Waals surface area contributed by atoms with E-state index >= 15 is 0 Å². The van der Waals surface area contributed by atoms with Gasteiger partial charge in [0, 0.05) is 12.2 Å². The number of ether oxygens (including phenoxy) is 1. The average molecular weight is 456 g/mol. The smallest absolute Gasteiger partial charge is 0.320 e. The van der Waals surface area contributed by atoms with Crippen LogP contribution in [0, 0.1) is 0 Å². The van der Waals surface area contributed by atoms with E-state index in [4.69, 9.17) is 16.3 Å². The van der Waals surface area contributed by atoms with Crippen molar-refractivity contribution in [1.82, 2.24) is 16.1 Å². The Balaban J connectivity index is 0.00000282. The Labute approximate surface area is 184 Å². The lowest BCUT2D eigenvalue weighted by atomic mass is 10.1. The molecule has 1 aromatic rings. The maximum Gasteiger partial charge on any atom is 0.320 e. The largest absolute Gasteiger partial charge is 0.458 e. The number of hydrogen-bond acceptors (Lipinski definition) is 7. The van der Waals surface area contributed by atoms with E-state index in [0.717, 1.165) is 5.56 Å². The molecule has 31 heavy (non-hydrogen) atoms. The predicted molar refractivity (Wildman–Crippen MR) is 122 cm³/mol. The first kappa shape index (κ1) is 28.2. The van der Waals surface area contributed by atoms with Crippen LogP contribution in [0.3, 0.4) is 0 Å². The third-order valence-corrected chi connectivity index (χ3v) is 3.65. The highest BCUT2D eigenvalue weighted by atomic mass is 31.0. The minimum absolute atomic E-state index is 0.119. The second-order valence-electron chi connectivity index (χ2n) is 6.44. The van der Waals surface area contributed by atoms with Gasteiger partial charge in [0.2, 0.25) is 11.8 Å². The summed E-state index contributed by atoms with van der Waals surface area (Å²) in [5.41, 5.74) is 8.01. The van der Waals surface area contributed by atoms with Crippen molar-refractivity contribution in [3.8, 4) is 0 Å². The zero-order valence-electron chi connectivity index (χ0n) is 17.9. The fourth-order valence-electron chi connectivity index (χ4n) is 2.19. The van der Waals surface area contributed by atoms with Crippen molar-refractivity contribution in [2.75, 3.05) is 18.4 Å². The lowest BCUT2D eigenvalue weighted by molar-refractivity contribution is -0.126. The summed E-state index contributed by atoms with van der Waals surface area (Å²) < 4.78 is 4.86. The maximum absolute atomic E-state index is 12.5. The molecule has 2 atom stereocenters. The molecule has 0 bridgehead atoms. The van der Waals surface area contributed by atoms with Crippen LogP contribution in [0.1, 0.15) is 38.7 Å². The molecule has 0 radical (unpaired) electrons. The van der Waals surface area contributed by atoms with Gasteiger partial charge < -0.3 is 26.4 Å². The van der Waals surface area contributed by atoms with Crippen molar-refractivity contribution in [2.45, 2.75) is 45.8 Å². The SMILES string of the molecule is CCC.NNCC(=O)NC(CCCNC(N)=O)C(=O)Nc1ccc(COC(=O)P)cc1. The highest BCUT2D eigenvalue weighted by Gasteiger charge is 2.20. The van der Waals surface area contributed by atoms with E-state index in [1.54, 1.807) is 24.3 Å². The van der Waals surface area contributed by atoms with Crippen LogP contribution in [0.4, 0.5) is 15.3 Å². The molecule has 11 nitrogen and oxygen atoms in total. The van der Waals surface area contributed by atoms with E-state index in [9.17, 15) is 19.2 Å². The van der Waals surface area contributed by atoms with E-state index in [2.05, 4.69) is 35.2 Å². The number of amides is 4. The molecule has 0 saturated carbocycles. The highest BCUT2D eigenvalue weighted by Crippen LogP contribution is 2.12. The molecule has 12 heteroatoms. The van der Waals surface area contributed by atoms with Gasteiger partial charge in [0.15, 0.2) is 0 Å². The van der Waals surface area contributed by atoms with E-state index < -0.39 is 29.6 Å². The Morgan fingerprint density at radius 3 is 2.26 bits per heavy atom. The number of carbonyl (C=O) groups excluding carboxylic acids is 4. The number of hydrogen-bond donors (Lipinski definition) is 6. The Morgan fingerprint density at radius 2 is 1.74 bits per heavy atom. The number of nitrogens with one attached hydrogen (secondary N) is 4. The van der Waals surface area contributed by atoms with E-state index in [-0.39, 0.29) is 26.1 Å². The fourth-order valence-corrected chi connectivity index (χ4v) is 2.28. The van der Waals surface area contributed by atoms with Crippen molar-refractivity contribution in [2.24, 2.45) is 11.6 Å². The minimum atomic E-state index is -0.826. The molecule has 1 aromatic carbocycles. The molecular formula is C19H33N6O5P. The second kappa shape index (κ2) is 17.0. The molecule has 0 saturated heterocycles. The van der Waals surface area contributed by atoms with Crippen LogP contribution < -0.4 is 33.0 Å². The van der Waals surface area contributed by atoms with Crippen LogP contribution in [0.25, 0.3) is 0 Å². The Bertz CT molecular complexity index is 702. The van der Waals surface area contributed by atoms with Gasteiger partial charge in [-0.2, -0.15) is 0 Å². The highest BCUT2D eigenvalue weighted by molar-refractivity contribution is 7.39. The molecule has 0 aliphatic heterocycles. The predicted octanol–water partition coefficient (Wildman–Crippen LogP) is 0.950. The molecule has 0 spiro atoms. The zero-order chi connectivity index (χ0) is 23.6. The van der Waals surface area contributed by atoms with Gasteiger partial charge in [0.1, 0.15) is 12.6 Å². The van der Waals surface area contributed by atoms with Crippen LogP contribution in [0.15, 0.2) is 24.3 Å². The van der Waals surface area contributed by atoms with Gasteiger partial charge in [-0.05, 0) is 39.8 Å². The lowest BCUT2D eigenvalue weighted by Crippen LogP contribution is -2.48. The Hall–Kier alpha value is -2.75. The number of primary amides is 1. The van der Waals surface area contributed by atoms with Crippen molar-refractivity contribution in [3.05, 3.63) is 29.8 Å². The molecule has 4 amide bonds.